The topological polar surface area (TPSA) is 168 Å². The number of ketones is 2. The third-order valence-electron chi connectivity index (χ3n) is 10.7. The normalized spacial score (nSPS) is 23.2. The van der Waals surface area contributed by atoms with E-state index in [1.54, 1.807) is 24.3 Å². The highest BCUT2D eigenvalue weighted by molar-refractivity contribution is 6.37. The Kier molecular flexibility index (Phi) is 10.9. The van der Waals surface area contributed by atoms with Crippen molar-refractivity contribution >= 4 is 35.3 Å². The first kappa shape index (κ1) is 36.1. The largest absolute Gasteiger partial charge is 0.363 e. The number of hydrogen-bond donors (Lipinski definition) is 4. The third kappa shape index (κ3) is 8.04. The molecule has 5 N–H and O–H groups in total. The van der Waals surface area contributed by atoms with Crippen LogP contribution in [0.2, 0.25) is 0 Å². The number of carbonyl (C=O) groups is 6. The van der Waals surface area contributed by atoms with E-state index >= 15 is 0 Å². The smallest absolute Gasteiger partial charge is 0.316 e. The maximum absolute atomic E-state index is 14.4. The predicted molar refractivity (Wildman–Crippen MR) is 178 cm³/mol. The molecular weight excluding hydrogens is 598 g/mol. The molecule has 0 bridgehead atoms. The molecule has 2 saturated carbocycles. The molecule has 1 saturated heterocycles. The summed E-state index contributed by atoms with van der Waals surface area (Å²) in [5.74, 6) is -2.77. The highest BCUT2D eigenvalue weighted by atomic mass is 16.2. The summed E-state index contributed by atoms with van der Waals surface area (Å²) in [6.45, 7) is 13.9. The van der Waals surface area contributed by atoms with Crippen molar-refractivity contribution in [3.8, 4) is 0 Å². The molecular formula is C36H53N5O6. The van der Waals surface area contributed by atoms with Crippen LogP contribution in [-0.4, -0.2) is 70.9 Å². The monoisotopic (exact) mass is 651 g/mol. The molecule has 6 atom stereocenters. The Balaban J connectivity index is 1.54. The number of nitrogens with zero attached hydrogens (tertiary/aromatic N) is 1. The molecule has 11 nitrogen and oxygen atoms in total. The molecule has 1 heterocycles. The van der Waals surface area contributed by atoms with Gasteiger partial charge < -0.3 is 26.6 Å². The highest BCUT2D eigenvalue weighted by Gasteiger charge is 2.70. The fourth-order valence-corrected chi connectivity index (χ4v) is 7.39. The SMILES string of the molecule is CCC(CC)[C@H](NC(=O)N[C@H](C(=O)N1C[C@H]2[C@@H]([C@H]1C(=O)NC(CCC1CC1)C(=O)C(N)=O)C2(C)C)C(C)(C)C)C(=O)c1ccccc1. The molecule has 0 aromatic heterocycles. The molecule has 1 aromatic rings. The number of piperidine rings is 1. The van der Waals surface area contributed by atoms with Gasteiger partial charge in [-0.05, 0) is 47.3 Å². The summed E-state index contributed by atoms with van der Waals surface area (Å²) in [6, 6.07) is 4.43. The van der Waals surface area contributed by atoms with E-state index in [0.717, 1.165) is 12.8 Å². The van der Waals surface area contributed by atoms with E-state index in [4.69, 9.17) is 5.73 Å². The molecule has 4 rings (SSSR count). The Hall–Kier alpha value is -3.76. The maximum atomic E-state index is 14.4. The molecule has 3 fully saturated rings. The van der Waals surface area contributed by atoms with E-state index in [1.807, 2.05) is 40.7 Å². The van der Waals surface area contributed by atoms with Crippen LogP contribution < -0.4 is 21.7 Å². The standard InChI is InChI=1S/C36H53N5O6/c1-8-21(9-2)26(28(42)22-13-11-10-12-14-22)39-34(47)40-30(35(3,4)5)33(46)41-19-23-25(36(23,6)7)27(41)32(45)38-24(29(43)31(37)44)18-17-20-15-16-20/h10-14,20-21,23-27,30H,8-9,15-19H2,1-7H3,(H2,37,44)(H,38,45)(H2,39,40,47)/t23-,24?,25-,26-,27-,30+/m0/s1. The molecule has 0 spiro atoms. The van der Waals surface area contributed by atoms with Gasteiger partial charge in [-0.2, -0.15) is 0 Å². The minimum atomic E-state index is -1.10. The summed E-state index contributed by atoms with van der Waals surface area (Å²) in [5.41, 5.74) is 4.87. The van der Waals surface area contributed by atoms with Crippen molar-refractivity contribution in [2.45, 2.75) is 111 Å². The third-order valence-corrected chi connectivity index (χ3v) is 10.7. The molecule has 0 radical (unpaired) electrons. The van der Waals surface area contributed by atoms with Crippen LogP contribution >= 0.6 is 0 Å². The lowest BCUT2D eigenvalue weighted by Gasteiger charge is -2.38. The van der Waals surface area contributed by atoms with Crippen LogP contribution in [0.5, 0.6) is 0 Å². The van der Waals surface area contributed by atoms with Crippen LogP contribution in [0.4, 0.5) is 4.79 Å². The van der Waals surface area contributed by atoms with Crippen LogP contribution in [-0.2, 0) is 19.2 Å². The number of hydrogen-bond acceptors (Lipinski definition) is 6. The first-order valence-corrected chi connectivity index (χ1v) is 17.1. The summed E-state index contributed by atoms with van der Waals surface area (Å²) in [6.07, 6.45) is 4.46. The molecule has 1 unspecified atom stereocenters. The number of amides is 5. The zero-order chi connectivity index (χ0) is 34.8. The van der Waals surface area contributed by atoms with Gasteiger partial charge >= 0.3 is 6.03 Å². The number of likely N-dealkylation sites (tertiary alicyclic amines) is 1. The van der Waals surface area contributed by atoms with E-state index in [2.05, 4.69) is 29.8 Å². The average Bonchev–Trinajstić information content (AvgIpc) is 3.88. The summed E-state index contributed by atoms with van der Waals surface area (Å²) in [7, 11) is 0. The van der Waals surface area contributed by atoms with Crippen molar-refractivity contribution in [1.29, 1.82) is 0 Å². The number of fused-ring (bicyclic) bond motifs is 1. The summed E-state index contributed by atoms with van der Waals surface area (Å²) >= 11 is 0. The first-order chi connectivity index (χ1) is 22.0. The van der Waals surface area contributed by atoms with Crippen LogP contribution in [0.25, 0.3) is 0 Å². The number of urea groups is 1. The molecule has 3 aliphatic rings. The van der Waals surface area contributed by atoms with Gasteiger partial charge in [0, 0.05) is 12.1 Å². The summed E-state index contributed by atoms with van der Waals surface area (Å²) in [4.78, 5) is 81.5. The van der Waals surface area contributed by atoms with E-state index in [-0.39, 0.29) is 29.0 Å². The maximum Gasteiger partial charge on any atom is 0.316 e. The van der Waals surface area contributed by atoms with E-state index in [0.29, 0.717) is 43.7 Å². The average molecular weight is 652 g/mol. The van der Waals surface area contributed by atoms with Crippen LogP contribution in [0.3, 0.4) is 0 Å². The number of rotatable bonds is 15. The number of nitrogens with one attached hydrogen (secondary N) is 3. The number of benzene rings is 1. The van der Waals surface area contributed by atoms with Crippen molar-refractivity contribution in [3.63, 3.8) is 0 Å². The van der Waals surface area contributed by atoms with Crippen LogP contribution in [0.15, 0.2) is 30.3 Å². The number of nitrogens with two attached hydrogens (primary N) is 1. The fraction of sp³-hybridized carbons (Fsp3) is 0.667. The van der Waals surface area contributed by atoms with Crippen LogP contribution in [0, 0.1) is 34.5 Å². The summed E-state index contributed by atoms with van der Waals surface area (Å²) in [5, 5.41) is 8.51. The van der Waals surface area contributed by atoms with Crippen molar-refractivity contribution < 1.29 is 28.8 Å². The molecule has 2 aliphatic carbocycles. The predicted octanol–water partition coefficient (Wildman–Crippen LogP) is 3.60. The molecule has 11 heteroatoms. The Morgan fingerprint density at radius 1 is 0.957 bits per heavy atom. The lowest BCUT2D eigenvalue weighted by Crippen LogP contribution is -2.62. The van der Waals surface area contributed by atoms with Gasteiger partial charge in [0.05, 0.1) is 12.1 Å². The zero-order valence-corrected chi connectivity index (χ0v) is 28.9. The molecule has 47 heavy (non-hydrogen) atoms. The lowest BCUT2D eigenvalue weighted by molar-refractivity contribution is -0.145. The highest BCUT2D eigenvalue weighted by Crippen LogP contribution is 2.65. The minimum Gasteiger partial charge on any atom is -0.363 e. The van der Waals surface area contributed by atoms with Crippen molar-refractivity contribution in [3.05, 3.63) is 35.9 Å². The molecule has 1 aromatic carbocycles. The van der Waals surface area contributed by atoms with E-state index < -0.39 is 59.1 Å². The van der Waals surface area contributed by atoms with Gasteiger partial charge in [0.1, 0.15) is 12.1 Å². The van der Waals surface area contributed by atoms with Gasteiger partial charge in [0.25, 0.3) is 5.91 Å². The number of Topliss-reactive ketones (excluding diaryl/α,β-unsaturated/α-hetero) is 2. The van der Waals surface area contributed by atoms with Gasteiger partial charge in [-0.1, -0.05) is 104 Å². The van der Waals surface area contributed by atoms with E-state index in [1.165, 1.54) is 4.90 Å². The molecule has 1 aliphatic heterocycles. The quantitative estimate of drug-likeness (QED) is 0.167. The van der Waals surface area contributed by atoms with Crippen molar-refractivity contribution in [2.75, 3.05) is 6.54 Å². The zero-order valence-electron chi connectivity index (χ0n) is 28.9. The molecule has 5 amide bonds. The van der Waals surface area contributed by atoms with Gasteiger partial charge in [-0.3, -0.25) is 24.0 Å². The Labute approximate surface area is 278 Å². The summed E-state index contributed by atoms with van der Waals surface area (Å²) < 4.78 is 0. The van der Waals surface area contributed by atoms with Crippen molar-refractivity contribution in [1.82, 2.24) is 20.9 Å². The Morgan fingerprint density at radius 3 is 2.11 bits per heavy atom. The Morgan fingerprint density at radius 2 is 1.57 bits per heavy atom. The van der Waals surface area contributed by atoms with Gasteiger partial charge in [0.2, 0.25) is 17.6 Å². The van der Waals surface area contributed by atoms with Crippen LogP contribution in [0.1, 0.15) is 97.3 Å². The lowest BCUT2D eigenvalue weighted by atomic mass is 9.85. The number of carbonyl (C=O) groups excluding carboxylic acids is 6. The van der Waals surface area contributed by atoms with Gasteiger partial charge in [0.15, 0.2) is 5.78 Å². The first-order valence-electron chi connectivity index (χ1n) is 17.1. The minimum absolute atomic E-state index is 0.0659. The van der Waals surface area contributed by atoms with E-state index in [9.17, 15) is 28.8 Å². The molecule has 258 valence electrons. The second-order valence-electron chi connectivity index (χ2n) is 15.4. The second kappa shape index (κ2) is 14.2. The fourth-order valence-electron chi connectivity index (χ4n) is 7.39. The van der Waals surface area contributed by atoms with Gasteiger partial charge in [-0.15, -0.1) is 0 Å². The Bertz CT molecular complexity index is 1360. The van der Waals surface area contributed by atoms with Gasteiger partial charge in [-0.25, -0.2) is 4.79 Å². The van der Waals surface area contributed by atoms with Crippen molar-refractivity contribution in [2.24, 2.45) is 40.2 Å². The second-order valence-corrected chi connectivity index (χ2v) is 15.4. The number of primary amides is 1.